The van der Waals surface area contributed by atoms with Crippen LogP contribution >= 0.6 is 11.6 Å². The van der Waals surface area contributed by atoms with Gasteiger partial charge in [-0.3, -0.25) is 9.69 Å². The summed E-state index contributed by atoms with van der Waals surface area (Å²) in [6, 6.07) is 3.35. The van der Waals surface area contributed by atoms with E-state index in [1.807, 2.05) is 4.90 Å². The van der Waals surface area contributed by atoms with Gasteiger partial charge in [-0.2, -0.15) is 4.99 Å². The molecule has 9 nitrogen and oxygen atoms in total. The molecule has 0 bridgehead atoms. The highest BCUT2D eigenvalue weighted by molar-refractivity contribution is 6.34. The van der Waals surface area contributed by atoms with Crippen molar-refractivity contribution >= 4 is 35.1 Å². The van der Waals surface area contributed by atoms with Gasteiger partial charge in [0.05, 0.1) is 23.4 Å². The largest absolute Gasteiger partial charge is 0.496 e. The molecule has 1 aromatic carbocycles. The Morgan fingerprint density at radius 2 is 1.94 bits per heavy atom. The van der Waals surface area contributed by atoms with Crippen LogP contribution in [0.1, 0.15) is 56.3 Å². The zero-order chi connectivity index (χ0) is 23.3. The number of guanidine groups is 2. The van der Waals surface area contributed by atoms with E-state index in [-0.39, 0.29) is 17.8 Å². The maximum atomic E-state index is 12.9. The summed E-state index contributed by atoms with van der Waals surface area (Å²) in [5.74, 6) is 0.580. The number of nitrogens with one attached hydrogen (secondary N) is 1. The smallest absolute Gasteiger partial charge is 0.255 e. The molecule has 32 heavy (non-hydrogen) atoms. The van der Waals surface area contributed by atoms with Crippen LogP contribution in [0.25, 0.3) is 0 Å². The second-order valence-corrected chi connectivity index (χ2v) is 8.51. The Morgan fingerprint density at radius 3 is 2.56 bits per heavy atom. The molecule has 0 radical (unpaired) electrons. The minimum absolute atomic E-state index is 0.174. The molecule has 1 aliphatic carbocycles. The molecule has 0 saturated heterocycles. The minimum Gasteiger partial charge on any atom is -0.496 e. The van der Waals surface area contributed by atoms with Crippen LogP contribution in [0.3, 0.4) is 0 Å². The summed E-state index contributed by atoms with van der Waals surface area (Å²) in [5, 5.41) is 3.32. The van der Waals surface area contributed by atoms with Crippen molar-refractivity contribution in [3.8, 4) is 5.75 Å². The van der Waals surface area contributed by atoms with Crippen LogP contribution in [0.5, 0.6) is 5.75 Å². The number of ether oxygens (including phenoxy) is 1. The van der Waals surface area contributed by atoms with E-state index in [9.17, 15) is 4.79 Å². The van der Waals surface area contributed by atoms with Gasteiger partial charge in [0.1, 0.15) is 11.4 Å². The summed E-state index contributed by atoms with van der Waals surface area (Å²) < 4.78 is 5.56. The van der Waals surface area contributed by atoms with Gasteiger partial charge in [0, 0.05) is 19.2 Å². The second kappa shape index (κ2) is 10.4. The maximum absolute atomic E-state index is 12.9. The van der Waals surface area contributed by atoms with E-state index in [0.29, 0.717) is 28.6 Å². The van der Waals surface area contributed by atoms with Crippen LogP contribution < -0.4 is 26.4 Å². The van der Waals surface area contributed by atoms with E-state index < -0.39 is 5.66 Å². The molecule has 0 aromatic heterocycles. The lowest BCUT2D eigenvalue weighted by Gasteiger charge is -2.46. The van der Waals surface area contributed by atoms with Crippen molar-refractivity contribution in [1.82, 2.24) is 10.2 Å². The molecule has 0 atom stereocenters. The topological polar surface area (TPSA) is 122 Å². The number of likely N-dealkylation sites (N-methyl/N-ethyl adjacent to an activating group) is 1. The van der Waals surface area contributed by atoms with Crippen LogP contribution in [0.2, 0.25) is 5.02 Å². The summed E-state index contributed by atoms with van der Waals surface area (Å²) >= 11 is 6.69. The van der Waals surface area contributed by atoms with Crippen molar-refractivity contribution < 1.29 is 9.53 Å². The van der Waals surface area contributed by atoms with E-state index in [0.717, 1.165) is 51.7 Å². The summed E-state index contributed by atoms with van der Waals surface area (Å²) in [7, 11) is 1.53. The van der Waals surface area contributed by atoms with Crippen molar-refractivity contribution in [3.63, 3.8) is 0 Å². The molecule has 10 heteroatoms. The third-order valence-electron chi connectivity index (χ3n) is 6.21. The number of carbonyl (C=O) groups excluding carboxylic acids is 1. The van der Waals surface area contributed by atoms with Gasteiger partial charge in [-0.1, -0.05) is 31.9 Å². The second-order valence-electron chi connectivity index (χ2n) is 8.11. The first kappa shape index (κ1) is 24.1. The van der Waals surface area contributed by atoms with Gasteiger partial charge in [-0.05, 0) is 44.8 Å². The van der Waals surface area contributed by atoms with E-state index in [1.54, 1.807) is 12.1 Å². The highest BCUT2D eigenvalue weighted by Gasteiger charge is 2.43. The highest BCUT2D eigenvalue weighted by atomic mass is 35.5. The summed E-state index contributed by atoms with van der Waals surface area (Å²) in [4.78, 5) is 25.8. The van der Waals surface area contributed by atoms with Crippen LogP contribution in [0.4, 0.5) is 5.69 Å². The van der Waals surface area contributed by atoms with E-state index in [1.165, 1.54) is 7.11 Å². The number of nitrogens with zero attached hydrogens (tertiary/aromatic N) is 4. The molecule has 5 N–H and O–H groups in total. The van der Waals surface area contributed by atoms with Gasteiger partial charge in [-0.15, -0.1) is 0 Å². The van der Waals surface area contributed by atoms with E-state index in [2.05, 4.69) is 34.0 Å². The van der Waals surface area contributed by atoms with E-state index in [4.69, 9.17) is 27.8 Å². The first-order valence-corrected chi connectivity index (χ1v) is 11.6. The highest BCUT2D eigenvalue weighted by Crippen LogP contribution is 2.43. The number of carbonyl (C=O) groups is 1. The van der Waals surface area contributed by atoms with Gasteiger partial charge in [0.2, 0.25) is 11.9 Å². The Balaban J connectivity index is 1.90. The summed E-state index contributed by atoms with van der Waals surface area (Å²) in [5.41, 5.74) is 12.6. The van der Waals surface area contributed by atoms with Crippen LogP contribution in [-0.2, 0) is 0 Å². The monoisotopic (exact) mass is 463 g/mol. The van der Waals surface area contributed by atoms with Crippen molar-refractivity contribution in [2.75, 3.05) is 38.2 Å². The third-order valence-corrected chi connectivity index (χ3v) is 6.52. The molecule has 176 valence electrons. The zero-order valence-electron chi connectivity index (χ0n) is 19.2. The van der Waals surface area contributed by atoms with Crippen molar-refractivity contribution in [3.05, 3.63) is 22.7 Å². The number of amides is 1. The lowest BCUT2D eigenvalue weighted by atomic mass is 9.87. The number of anilines is 1. The molecule has 2 aliphatic rings. The number of methoxy groups -OCH3 is 1. The van der Waals surface area contributed by atoms with Gasteiger partial charge in [0.15, 0.2) is 0 Å². The number of benzene rings is 1. The predicted molar refractivity (Wildman–Crippen MR) is 130 cm³/mol. The lowest BCUT2D eigenvalue weighted by molar-refractivity contribution is 0.0946. The SMILES string of the molecule is CCN(CC)CCNC(=O)c1cc(Cl)c(N2C(N)=NC(N)=NC23CCCCC3)cc1OC. The molecule has 1 amide bonds. The standard InChI is InChI=1S/C22H34ClN7O2/c1-4-29(5-2)12-11-26-19(31)15-13-16(23)17(14-18(15)32-3)30-21(25)27-20(24)28-22(30)9-7-6-8-10-22/h13-14H,4-12H2,1-3H3,(H,26,31)(H4,24,25,27,28). The number of halogens is 1. The number of aliphatic imine (C=N–C) groups is 2. The fraction of sp³-hybridized carbons (Fsp3) is 0.591. The number of rotatable bonds is 8. The zero-order valence-corrected chi connectivity index (χ0v) is 19.9. The van der Waals surface area contributed by atoms with E-state index >= 15 is 0 Å². The van der Waals surface area contributed by atoms with Crippen LogP contribution in [-0.4, -0.2) is 61.7 Å². The molecule has 1 aliphatic heterocycles. The number of hydrogen-bond donors (Lipinski definition) is 3. The van der Waals surface area contributed by atoms with Crippen LogP contribution in [0.15, 0.2) is 22.1 Å². The van der Waals surface area contributed by atoms with Crippen LogP contribution in [0, 0.1) is 0 Å². The summed E-state index contributed by atoms with van der Waals surface area (Å²) in [6.07, 6.45) is 4.71. The first-order valence-electron chi connectivity index (χ1n) is 11.2. The fourth-order valence-corrected chi connectivity index (χ4v) is 4.74. The first-order chi connectivity index (χ1) is 15.3. The fourth-order valence-electron chi connectivity index (χ4n) is 4.49. The van der Waals surface area contributed by atoms with Gasteiger partial charge >= 0.3 is 0 Å². The Labute approximate surface area is 194 Å². The quantitative estimate of drug-likeness (QED) is 0.544. The number of nitrogens with two attached hydrogens (primary N) is 2. The molecule has 1 heterocycles. The average molecular weight is 464 g/mol. The van der Waals surface area contributed by atoms with Crippen molar-refractivity contribution in [2.45, 2.75) is 51.6 Å². The van der Waals surface area contributed by atoms with Gasteiger partial charge in [-0.25, -0.2) is 4.99 Å². The Hall–Kier alpha value is -2.52. The normalized spacial score (nSPS) is 17.8. The third kappa shape index (κ3) is 4.94. The molecule has 1 fully saturated rings. The molecular formula is C22H34ClN7O2. The van der Waals surface area contributed by atoms with Crippen molar-refractivity contribution in [1.29, 1.82) is 0 Å². The molecule has 1 saturated carbocycles. The molecular weight excluding hydrogens is 430 g/mol. The average Bonchev–Trinajstić information content (AvgIpc) is 2.77. The Morgan fingerprint density at radius 1 is 1.25 bits per heavy atom. The van der Waals surface area contributed by atoms with Gasteiger partial charge < -0.3 is 26.4 Å². The minimum atomic E-state index is -0.629. The Kier molecular flexibility index (Phi) is 7.84. The number of hydrogen-bond acceptors (Lipinski definition) is 8. The molecule has 0 unspecified atom stereocenters. The van der Waals surface area contributed by atoms with Gasteiger partial charge in [0.25, 0.3) is 5.91 Å². The Bertz CT molecular complexity index is 893. The molecule has 1 spiro atoms. The molecule has 3 rings (SSSR count). The summed E-state index contributed by atoms with van der Waals surface area (Å²) in [6.45, 7) is 7.37. The molecule has 1 aromatic rings. The maximum Gasteiger partial charge on any atom is 0.255 e. The van der Waals surface area contributed by atoms with Crippen molar-refractivity contribution in [2.24, 2.45) is 21.5 Å². The predicted octanol–water partition coefficient (Wildman–Crippen LogP) is 2.53. The lowest BCUT2D eigenvalue weighted by Crippen LogP contribution is -2.58.